The molecule has 1 amide bonds. The number of hydrazine groups is 1. The van der Waals surface area contributed by atoms with E-state index in [9.17, 15) is 9.18 Å². The van der Waals surface area contributed by atoms with Gasteiger partial charge < -0.3 is 5.32 Å². The highest BCUT2D eigenvalue weighted by Crippen LogP contribution is 2.49. The van der Waals surface area contributed by atoms with Crippen molar-refractivity contribution in [1.29, 1.82) is 0 Å². The molecule has 4 nitrogen and oxygen atoms in total. The van der Waals surface area contributed by atoms with E-state index in [4.69, 9.17) is 17.4 Å². The zero-order valence-corrected chi connectivity index (χ0v) is 14.8. The Balaban J connectivity index is 0.000000593. The summed E-state index contributed by atoms with van der Waals surface area (Å²) in [4.78, 5) is 10.9. The Morgan fingerprint density at radius 2 is 2.00 bits per heavy atom. The summed E-state index contributed by atoms with van der Waals surface area (Å²) in [6, 6.07) is 2.73. The fraction of sp³-hybridized carbons (Fsp3) is 0.588. The number of nitrogens with one attached hydrogen (secondary N) is 2. The second-order valence-corrected chi connectivity index (χ2v) is 6.61. The monoisotopic (exact) mass is 343 g/mol. The van der Waals surface area contributed by atoms with Crippen molar-refractivity contribution < 1.29 is 9.18 Å². The van der Waals surface area contributed by atoms with Gasteiger partial charge in [0, 0.05) is 12.1 Å². The summed E-state index contributed by atoms with van der Waals surface area (Å²) in [5, 5.41) is 3.21. The first-order valence-corrected chi connectivity index (χ1v) is 8.36. The van der Waals surface area contributed by atoms with Gasteiger partial charge >= 0.3 is 0 Å². The summed E-state index contributed by atoms with van der Waals surface area (Å²) in [5.74, 6) is 4.43. The number of aryl methyl sites for hydroxylation is 1. The number of halogens is 2. The standard InChI is InChI=1S/C15H19ClFNO.C2H8N2/c1-10-5-6-11(17)12(13(10)16)14(18-9-19)15(2)7-3-4-8-15;1-2-4-3/h5-6,9,14H,3-4,7-8H2,1-2H3,(H,18,19);4H,2-3H2,1H3. The Labute approximate surface area is 142 Å². The summed E-state index contributed by atoms with van der Waals surface area (Å²) < 4.78 is 14.2. The minimum atomic E-state index is -0.361. The third-order valence-corrected chi connectivity index (χ3v) is 4.99. The summed E-state index contributed by atoms with van der Waals surface area (Å²) >= 11 is 6.27. The number of benzene rings is 1. The van der Waals surface area contributed by atoms with Crippen LogP contribution in [0.2, 0.25) is 5.02 Å². The van der Waals surface area contributed by atoms with E-state index in [1.54, 1.807) is 6.07 Å². The molecule has 4 N–H and O–H groups in total. The zero-order chi connectivity index (χ0) is 17.5. The van der Waals surface area contributed by atoms with Crippen molar-refractivity contribution in [1.82, 2.24) is 10.7 Å². The van der Waals surface area contributed by atoms with E-state index in [1.165, 1.54) is 6.07 Å². The van der Waals surface area contributed by atoms with Crippen LogP contribution in [-0.2, 0) is 4.79 Å². The van der Waals surface area contributed by atoms with Gasteiger partial charge in [0.25, 0.3) is 0 Å². The number of amides is 1. The van der Waals surface area contributed by atoms with Crippen LogP contribution >= 0.6 is 11.6 Å². The highest BCUT2D eigenvalue weighted by Gasteiger charge is 2.40. The summed E-state index contributed by atoms with van der Waals surface area (Å²) in [5.41, 5.74) is 3.56. The van der Waals surface area contributed by atoms with E-state index in [1.807, 2.05) is 13.8 Å². The molecule has 6 heteroatoms. The lowest BCUT2D eigenvalue weighted by molar-refractivity contribution is -0.111. The molecular formula is C17H27ClFN3O. The molecule has 0 saturated heterocycles. The zero-order valence-electron chi connectivity index (χ0n) is 14.1. The predicted octanol–water partition coefficient (Wildman–Crippen LogP) is 3.62. The van der Waals surface area contributed by atoms with Crippen molar-refractivity contribution in [3.05, 3.63) is 34.1 Å². The molecule has 1 aromatic rings. The second kappa shape index (κ2) is 9.21. The normalized spacial score (nSPS) is 17.1. The minimum Gasteiger partial charge on any atom is -0.351 e. The molecule has 2 rings (SSSR count). The molecule has 0 bridgehead atoms. The fourth-order valence-electron chi connectivity index (χ4n) is 3.12. The first-order chi connectivity index (χ1) is 10.9. The topological polar surface area (TPSA) is 67.2 Å². The molecule has 1 aliphatic carbocycles. The van der Waals surface area contributed by atoms with E-state index >= 15 is 0 Å². The first-order valence-electron chi connectivity index (χ1n) is 7.99. The lowest BCUT2D eigenvalue weighted by Gasteiger charge is -2.35. The van der Waals surface area contributed by atoms with E-state index in [2.05, 4.69) is 17.7 Å². The molecule has 1 fully saturated rings. The molecule has 0 heterocycles. The Hall–Kier alpha value is -1.17. The lowest BCUT2D eigenvalue weighted by Crippen LogP contribution is -2.34. The molecule has 130 valence electrons. The Kier molecular flexibility index (Phi) is 7.95. The number of carbonyl (C=O) groups is 1. The smallest absolute Gasteiger partial charge is 0.207 e. The van der Waals surface area contributed by atoms with Gasteiger partial charge in [-0.3, -0.25) is 16.1 Å². The van der Waals surface area contributed by atoms with Gasteiger partial charge in [-0.25, -0.2) is 4.39 Å². The van der Waals surface area contributed by atoms with Gasteiger partial charge in [0.2, 0.25) is 6.41 Å². The van der Waals surface area contributed by atoms with Gasteiger partial charge in [0.05, 0.1) is 11.1 Å². The van der Waals surface area contributed by atoms with Crippen LogP contribution in [0.1, 0.15) is 56.7 Å². The van der Waals surface area contributed by atoms with E-state index in [0.717, 1.165) is 37.8 Å². The van der Waals surface area contributed by atoms with Crippen LogP contribution in [0.3, 0.4) is 0 Å². The van der Waals surface area contributed by atoms with Crippen LogP contribution in [-0.4, -0.2) is 13.0 Å². The van der Waals surface area contributed by atoms with Crippen molar-refractivity contribution in [2.24, 2.45) is 11.3 Å². The molecule has 0 aromatic heterocycles. The quantitative estimate of drug-likeness (QED) is 0.434. The lowest BCUT2D eigenvalue weighted by atomic mass is 9.77. The van der Waals surface area contributed by atoms with Crippen LogP contribution in [0.25, 0.3) is 0 Å². The SMILES string of the molecule is CCNN.Cc1ccc(F)c(C(NC=O)C2(C)CCCC2)c1Cl. The van der Waals surface area contributed by atoms with Gasteiger partial charge in [0.1, 0.15) is 5.82 Å². The summed E-state index contributed by atoms with van der Waals surface area (Å²) in [7, 11) is 0. The average molecular weight is 344 g/mol. The van der Waals surface area contributed by atoms with Gasteiger partial charge in [-0.15, -0.1) is 0 Å². The van der Waals surface area contributed by atoms with Crippen LogP contribution < -0.4 is 16.6 Å². The summed E-state index contributed by atoms with van der Waals surface area (Å²) in [6.07, 6.45) is 4.81. The molecular weight excluding hydrogens is 317 g/mol. The van der Waals surface area contributed by atoms with Crippen molar-refractivity contribution >= 4 is 18.0 Å². The Morgan fingerprint density at radius 1 is 1.43 bits per heavy atom. The highest BCUT2D eigenvalue weighted by molar-refractivity contribution is 6.32. The molecule has 1 atom stereocenters. The van der Waals surface area contributed by atoms with Crippen molar-refractivity contribution in [3.63, 3.8) is 0 Å². The van der Waals surface area contributed by atoms with E-state index in [0.29, 0.717) is 17.0 Å². The maximum atomic E-state index is 14.2. The minimum absolute atomic E-state index is 0.126. The molecule has 1 aliphatic rings. The van der Waals surface area contributed by atoms with Crippen molar-refractivity contribution in [2.75, 3.05) is 6.54 Å². The maximum absolute atomic E-state index is 14.2. The number of carbonyl (C=O) groups excluding carboxylic acids is 1. The van der Waals surface area contributed by atoms with E-state index < -0.39 is 0 Å². The van der Waals surface area contributed by atoms with Gasteiger partial charge in [-0.05, 0) is 36.8 Å². The predicted molar refractivity (Wildman–Crippen MR) is 92.5 cm³/mol. The largest absolute Gasteiger partial charge is 0.351 e. The van der Waals surface area contributed by atoms with Crippen LogP contribution in [0, 0.1) is 18.2 Å². The average Bonchev–Trinajstić information content (AvgIpc) is 2.98. The molecule has 1 aromatic carbocycles. The van der Waals surface area contributed by atoms with Crippen LogP contribution in [0.5, 0.6) is 0 Å². The number of hydrogen-bond acceptors (Lipinski definition) is 3. The van der Waals surface area contributed by atoms with Crippen molar-refractivity contribution in [3.8, 4) is 0 Å². The Bertz CT molecular complexity index is 517. The van der Waals surface area contributed by atoms with Gasteiger partial charge in [0.15, 0.2) is 0 Å². The summed E-state index contributed by atoms with van der Waals surface area (Å²) in [6.45, 7) is 6.74. The third-order valence-electron chi connectivity index (χ3n) is 4.49. The molecule has 0 spiro atoms. The number of nitrogens with two attached hydrogens (primary N) is 1. The molecule has 1 unspecified atom stereocenters. The third kappa shape index (κ3) is 4.90. The van der Waals surface area contributed by atoms with Crippen LogP contribution in [0.15, 0.2) is 12.1 Å². The molecule has 0 radical (unpaired) electrons. The van der Waals surface area contributed by atoms with Crippen LogP contribution in [0.4, 0.5) is 4.39 Å². The second-order valence-electron chi connectivity index (χ2n) is 6.23. The molecule has 23 heavy (non-hydrogen) atoms. The van der Waals surface area contributed by atoms with Gasteiger partial charge in [-0.2, -0.15) is 0 Å². The molecule has 1 saturated carbocycles. The maximum Gasteiger partial charge on any atom is 0.207 e. The first kappa shape index (κ1) is 19.9. The molecule has 0 aliphatic heterocycles. The van der Waals surface area contributed by atoms with E-state index in [-0.39, 0.29) is 17.3 Å². The fourth-order valence-corrected chi connectivity index (χ4v) is 3.38. The van der Waals surface area contributed by atoms with Crippen molar-refractivity contribution in [2.45, 2.75) is 52.5 Å². The number of rotatable bonds is 5. The highest BCUT2D eigenvalue weighted by atomic mass is 35.5. The number of hydrogen-bond donors (Lipinski definition) is 3. The van der Waals surface area contributed by atoms with Gasteiger partial charge in [-0.1, -0.05) is 44.4 Å². The Morgan fingerprint density at radius 3 is 2.48 bits per heavy atom.